The molecule has 69 heavy (non-hydrogen) atoms. The first-order chi connectivity index (χ1) is 33.2. The molecule has 4 aromatic carbocycles. The quantitative estimate of drug-likeness (QED) is 0.0494. The second-order valence-corrected chi connectivity index (χ2v) is 18.2. The molecule has 0 bridgehead atoms. The van der Waals surface area contributed by atoms with Crippen molar-refractivity contribution in [3.05, 3.63) is 130 Å². The Labute approximate surface area is 404 Å². The summed E-state index contributed by atoms with van der Waals surface area (Å²) in [6.07, 6.45) is 4.06. The topological polar surface area (TPSA) is 170 Å². The number of hydrogen-bond donors (Lipinski definition) is 2. The van der Waals surface area contributed by atoms with E-state index in [4.69, 9.17) is 18.9 Å². The Kier molecular flexibility index (Phi) is 16.2. The summed E-state index contributed by atoms with van der Waals surface area (Å²) in [4.78, 5) is 84.7. The second kappa shape index (κ2) is 22.4. The SMILES string of the molecule is C=C1CCC(N2C(=O)c3cccc(NCCCC(=O)COc4ccccc4[C@@H](CCc4ccc(OC)c(C)c4)OC(=O)[C@H]4CCCCN4C(=O)[C@@H](CC)c4cc(C)c(C)c(OC)c4)c3C2=O)C(=O)N1. The molecule has 4 amide bonds. The van der Waals surface area contributed by atoms with E-state index >= 15 is 0 Å². The Morgan fingerprint density at radius 3 is 2.39 bits per heavy atom. The minimum Gasteiger partial charge on any atom is -0.496 e. The molecule has 364 valence electrons. The summed E-state index contributed by atoms with van der Waals surface area (Å²) in [5, 5.41) is 5.87. The van der Waals surface area contributed by atoms with Gasteiger partial charge in [0.05, 0.1) is 31.3 Å². The Morgan fingerprint density at radius 1 is 0.870 bits per heavy atom. The van der Waals surface area contributed by atoms with E-state index in [1.807, 2.05) is 70.2 Å². The van der Waals surface area contributed by atoms with Gasteiger partial charge in [-0.2, -0.15) is 0 Å². The Hall–Kier alpha value is -6.96. The Bertz CT molecular complexity index is 2620. The van der Waals surface area contributed by atoms with Gasteiger partial charge in [-0.05, 0) is 137 Å². The van der Waals surface area contributed by atoms with Crippen LogP contribution < -0.4 is 24.8 Å². The average molecular weight is 941 g/mol. The smallest absolute Gasteiger partial charge is 0.329 e. The number of hydrogen-bond acceptors (Lipinski definition) is 11. The third-order valence-electron chi connectivity index (χ3n) is 13.6. The fourth-order valence-corrected chi connectivity index (χ4v) is 9.71. The van der Waals surface area contributed by atoms with E-state index in [1.54, 1.807) is 49.5 Å². The van der Waals surface area contributed by atoms with Gasteiger partial charge in [-0.3, -0.25) is 28.9 Å². The molecule has 7 rings (SSSR count). The number of ether oxygens (including phenoxy) is 4. The second-order valence-electron chi connectivity index (χ2n) is 18.2. The number of nitrogens with one attached hydrogen (secondary N) is 2. The minimum absolute atomic E-state index is 0.118. The Morgan fingerprint density at radius 2 is 1.65 bits per heavy atom. The molecule has 4 aromatic rings. The lowest BCUT2D eigenvalue weighted by atomic mass is 9.90. The minimum atomic E-state index is -0.921. The van der Waals surface area contributed by atoms with Crippen LogP contribution >= 0.6 is 0 Å². The van der Waals surface area contributed by atoms with Crippen LogP contribution in [0.4, 0.5) is 5.69 Å². The van der Waals surface area contributed by atoms with E-state index in [1.165, 1.54) is 0 Å². The van der Waals surface area contributed by atoms with Crippen LogP contribution in [0.15, 0.2) is 85.1 Å². The number of imide groups is 1. The van der Waals surface area contributed by atoms with E-state index in [9.17, 15) is 28.8 Å². The number of methoxy groups -OCH3 is 2. The van der Waals surface area contributed by atoms with Gasteiger partial charge < -0.3 is 34.5 Å². The predicted molar refractivity (Wildman–Crippen MR) is 262 cm³/mol. The zero-order valence-electron chi connectivity index (χ0n) is 40.6. The number of para-hydroxylation sites is 1. The number of nitrogens with zero attached hydrogens (tertiary/aromatic N) is 2. The van der Waals surface area contributed by atoms with Gasteiger partial charge in [0.15, 0.2) is 5.78 Å². The zero-order chi connectivity index (χ0) is 49.4. The van der Waals surface area contributed by atoms with Crippen LogP contribution in [0.2, 0.25) is 0 Å². The summed E-state index contributed by atoms with van der Waals surface area (Å²) in [7, 11) is 3.26. The maximum Gasteiger partial charge on any atom is 0.329 e. The van der Waals surface area contributed by atoms with Crippen LogP contribution in [-0.4, -0.2) is 91.2 Å². The van der Waals surface area contributed by atoms with E-state index in [2.05, 4.69) is 17.2 Å². The molecule has 2 fully saturated rings. The number of allylic oxidation sites excluding steroid dienone is 1. The lowest BCUT2D eigenvalue weighted by Crippen LogP contribution is -2.51. The number of carbonyl (C=O) groups is 6. The normalized spacial score (nSPS) is 17.7. The molecule has 3 aliphatic heterocycles. The van der Waals surface area contributed by atoms with Gasteiger partial charge in [-0.25, -0.2) is 4.79 Å². The van der Waals surface area contributed by atoms with Gasteiger partial charge in [-0.1, -0.05) is 56.0 Å². The first-order valence-corrected chi connectivity index (χ1v) is 24.0. The monoisotopic (exact) mass is 940 g/mol. The van der Waals surface area contributed by atoms with E-state index < -0.39 is 47.8 Å². The third kappa shape index (κ3) is 11.2. The number of fused-ring (bicyclic) bond motifs is 1. The molecule has 4 atom stereocenters. The molecule has 0 spiro atoms. The van der Waals surface area contributed by atoms with Crippen molar-refractivity contribution < 1.29 is 47.7 Å². The number of Topliss-reactive ketones (excluding diaryl/α,β-unsaturated/α-hetero) is 1. The molecule has 0 aliphatic carbocycles. The molecule has 2 N–H and O–H groups in total. The van der Waals surface area contributed by atoms with E-state index in [-0.39, 0.29) is 35.8 Å². The van der Waals surface area contributed by atoms with Crippen LogP contribution in [0.5, 0.6) is 17.2 Å². The molecule has 3 heterocycles. The van der Waals surface area contributed by atoms with Crippen molar-refractivity contribution in [3.8, 4) is 17.2 Å². The fraction of sp³-hybridized carbons (Fsp3) is 0.418. The molecule has 1 unspecified atom stereocenters. The van der Waals surface area contributed by atoms with Crippen LogP contribution in [0.3, 0.4) is 0 Å². The Balaban J connectivity index is 1.02. The fourth-order valence-electron chi connectivity index (χ4n) is 9.71. The number of rotatable bonds is 20. The van der Waals surface area contributed by atoms with Gasteiger partial charge in [0, 0.05) is 36.5 Å². The predicted octanol–water partition coefficient (Wildman–Crippen LogP) is 8.65. The van der Waals surface area contributed by atoms with Gasteiger partial charge in [0.25, 0.3) is 11.8 Å². The standard InChI is InChI=1S/C55H64N4O10/c1-8-40(38-30-33(2)36(5)49(31-38)67-7)52(62)58-28-12-11-19-45(58)55(65)69-48(26-23-37-22-25-46(66-6)34(3)29-37)41-16-9-10-20-47(41)68-32-39(60)15-14-27-56-43-18-13-17-42-50(43)54(64)59(53(42)63)44-24-21-35(4)57-51(44)61/h9-10,13,16-18,20,22,25,29-31,40,44-45,48,56H,4,8,11-12,14-15,19,21,23-24,26-28,32H2,1-3,5-7H3,(H,57,61)/t40-,44?,45+,48+/m0/s1. The third-order valence-corrected chi connectivity index (χ3v) is 13.6. The highest BCUT2D eigenvalue weighted by atomic mass is 16.5. The number of likely N-dealkylation sites (tertiary alicyclic amines) is 1. The molecule has 3 aliphatic rings. The molecule has 0 radical (unpaired) electrons. The highest BCUT2D eigenvalue weighted by molar-refractivity contribution is 6.25. The van der Waals surface area contributed by atoms with Crippen molar-refractivity contribution in [2.24, 2.45) is 0 Å². The summed E-state index contributed by atoms with van der Waals surface area (Å²) in [5.41, 5.74) is 6.92. The number of anilines is 1. The lowest BCUT2D eigenvalue weighted by Gasteiger charge is -2.37. The van der Waals surface area contributed by atoms with Crippen LogP contribution in [0, 0.1) is 20.8 Å². The van der Waals surface area contributed by atoms with Crippen LogP contribution in [0.1, 0.15) is 131 Å². The van der Waals surface area contributed by atoms with Crippen LogP contribution in [-0.2, 0) is 30.3 Å². The van der Waals surface area contributed by atoms with E-state index in [0.717, 1.165) is 57.1 Å². The van der Waals surface area contributed by atoms with Crippen molar-refractivity contribution in [1.29, 1.82) is 0 Å². The number of aryl methyl sites for hydroxylation is 3. The average Bonchev–Trinajstić information content (AvgIpc) is 3.60. The summed E-state index contributed by atoms with van der Waals surface area (Å²) in [6.45, 7) is 12.3. The molecule has 0 saturated carbocycles. The van der Waals surface area contributed by atoms with Crippen LogP contribution in [0.25, 0.3) is 0 Å². The van der Waals surface area contributed by atoms with Crippen molar-refractivity contribution >= 4 is 41.1 Å². The van der Waals surface area contributed by atoms with Crippen molar-refractivity contribution in [2.45, 2.75) is 116 Å². The summed E-state index contributed by atoms with van der Waals surface area (Å²) >= 11 is 0. The van der Waals surface area contributed by atoms with Crippen molar-refractivity contribution in [3.63, 3.8) is 0 Å². The van der Waals surface area contributed by atoms with Crippen molar-refractivity contribution in [1.82, 2.24) is 15.1 Å². The molecule has 14 heteroatoms. The maximum atomic E-state index is 14.5. The summed E-state index contributed by atoms with van der Waals surface area (Å²) in [6, 6.07) is 20.4. The molecule has 2 saturated heterocycles. The largest absolute Gasteiger partial charge is 0.496 e. The van der Waals surface area contributed by atoms with Gasteiger partial charge in [0.2, 0.25) is 11.8 Å². The molecule has 0 aromatic heterocycles. The van der Waals surface area contributed by atoms with Gasteiger partial charge >= 0.3 is 5.97 Å². The van der Waals surface area contributed by atoms with Gasteiger partial charge in [0.1, 0.15) is 42.0 Å². The van der Waals surface area contributed by atoms with E-state index in [0.29, 0.717) is 80.7 Å². The highest BCUT2D eigenvalue weighted by Crippen LogP contribution is 2.37. The molecular weight excluding hydrogens is 877 g/mol. The number of piperidine rings is 2. The van der Waals surface area contributed by atoms with Crippen molar-refractivity contribution in [2.75, 3.05) is 39.2 Å². The maximum absolute atomic E-state index is 14.5. The molecular formula is C55H64N4O10. The number of esters is 1. The summed E-state index contributed by atoms with van der Waals surface area (Å²) in [5.74, 6) is -0.844. The number of amides is 4. The number of carbonyl (C=O) groups excluding carboxylic acids is 6. The number of ketones is 1. The summed E-state index contributed by atoms with van der Waals surface area (Å²) < 4.78 is 23.8. The number of benzene rings is 4. The zero-order valence-corrected chi connectivity index (χ0v) is 40.6. The lowest BCUT2D eigenvalue weighted by molar-refractivity contribution is -0.162. The first-order valence-electron chi connectivity index (χ1n) is 24.0. The van der Waals surface area contributed by atoms with Gasteiger partial charge in [-0.15, -0.1) is 0 Å². The molecule has 14 nitrogen and oxygen atoms in total. The highest BCUT2D eigenvalue weighted by Gasteiger charge is 2.45. The first kappa shape index (κ1) is 49.9.